The zero-order valence-electron chi connectivity index (χ0n) is 14.7. The molecule has 0 saturated carbocycles. The zero-order valence-corrected chi connectivity index (χ0v) is 14.7. The molecule has 138 valence electrons. The van der Waals surface area contributed by atoms with Gasteiger partial charge in [-0.05, 0) is 55.0 Å². The average molecular weight is 364 g/mol. The van der Waals surface area contributed by atoms with E-state index in [-0.39, 0.29) is 23.4 Å². The molecule has 2 aliphatic rings. The second-order valence-electron chi connectivity index (χ2n) is 7.18. The van der Waals surface area contributed by atoms with Crippen LogP contribution in [-0.4, -0.2) is 22.8 Å². The maximum atomic E-state index is 12.6. The predicted molar refractivity (Wildman–Crippen MR) is 98.3 cm³/mol. The van der Waals surface area contributed by atoms with E-state index in [1.807, 2.05) is 30.3 Å². The van der Waals surface area contributed by atoms with Crippen molar-refractivity contribution in [3.63, 3.8) is 0 Å². The fraction of sp³-hybridized carbons (Fsp3) is 0.286. The molecule has 6 heteroatoms. The number of ketones is 1. The largest absolute Gasteiger partial charge is 0.508 e. The quantitative estimate of drug-likeness (QED) is 0.711. The Morgan fingerprint density at radius 2 is 1.85 bits per heavy atom. The standard InChI is InChI=1S/C21H20N2O4/c24-16-8-9-17-14(12-16)11-13(18(17)25)5-4-10-21(15-6-2-1-3-7-15)19(26)22-20(27)23-21/h1-3,6-9,12-13,24H,4-5,10-11H2,(H2,22,23,26,27)/t13?,21-/m0/s1. The summed E-state index contributed by atoms with van der Waals surface area (Å²) < 4.78 is 0. The molecular formula is C21H20N2O4. The average Bonchev–Trinajstić information content (AvgIpc) is 3.12. The van der Waals surface area contributed by atoms with Gasteiger partial charge in [0.25, 0.3) is 5.91 Å². The van der Waals surface area contributed by atoms with Crippen molar-refractivity contribution in [1.29, 1.82) is 0 Å². The van der Waals surface area contributed by atoms with Gasteiger partial charge in [-0.3, -0.25) is 14.9 Å². The monoisotopic (exact) mass is 364 g/mol. The zero-order chi connectivity index (χ0) is 19.0. The van der Waals surface area contributed by atoms with E-state index in [2.05, 4.69) is 10.6 Å². The Hall–Kier alpha value is -3.15. The highest BCUT2D eigenvalue weighted by Crippen LogP contribution is 2.35. The van der Waals surface area contributed by atoms with Crippen molar-refractivity contribution in [1.82, 2.24) is 10.6 Å². The summed E-state index contributed by atoms with van der Waals surface area (Å²) in [6.45, 7) is 0. The molecule has 1 unspecified atom stereocenters. The number of phenols is 1. The second-order valence-corrected chi connectivity index (χ2v) is 7.18. The molecule has 0 bridgehead atoms. The summed E-state index contributed by atoms with van der Waals surface area (Å²) in [6, 6.07) is 13.5. The number of imide groups is 1. The molecular weight excluding hydrogens is 344 g/mol. The summed E-state index contributed by atoms with van der Waals surface area (Å²) in [6.07, 6.45) is 2.24. The van der Waals surface area contributed by atoms with E-state index in [0.717, 1.165) is 11.1 Å². The molecule has 2 aromatic rings. The van der Waals surface area contributed by atoms with Crippen LogP contribution in [0, 0.1) is 5.92 Å². The first-order valence-corrected chi connectivity index (χ1v) is 9.05. The van der Waals surface area contributed by atoms with Gasteiger partial charge >= 0.3 is 6.03 Å². The lowest BCUT2D eigenvalue weighted by molar-refractivity contribution is -0.124. The van der Waals surface area contributed by atoms with Crippen LogP contribution in [-0.2, 0) is 16.8 Å². The minimum Gasteiger partial charge on any atom is -0.508 e. The molecule has 4 rings (SSSR count). The maximum absolute atomic E-state index is 12.6. The fourth-order valence-electron chi connectivity index (χ4n) is 4.15. The van der Waals surface area contributed by atoms with E-state index in [0.29, 0.717) is 31.2 Å². The molecule has 1 heterocycles. The minimum absolute atomic E-state index is 0.0821. The third kappa shape index (κ3) is 2.97. The summed E-state index contributed by atoms with van der Waals surface area (Å²) in [5.41, 5.74) is 1.18. The number of urea groups is 1. The van der Waals surface area contributed by atoms with Crippen LogP contribution < -0.4 is 10.6 Å². The number of nitrogens with one attached hydrogen (secondary N) is 2. The number of hydrogen-bond donors (Lipinski definition) is 3. The first-order valence-electron chi connectivity index (χ1n) is 9.05. The minimum atomic E-state index is -1.09. The van der Waals surface area contributed by atoms with E-state index < -0.39 is 11.6 Å². The van der Waals surface area contributed by atoms with Gasteiger partial charge in [0.05, 0.1) is 0 Å². The molecule has 2 aromatic carbocycles. The lowest BCUT2D eigenvalue weighted by Gasteiger charge is -2.27. The van der Waals surface area contributed by atoms with E-state index >= 15 is 0 Å². The third-order valence-electron chi connectivity index (χ3n) is 5.50. The number of amides is 3. The molecule has 1 saturated heterocycles. The number of rotatable bonds is 5. The van der Waals surface area contributed by atoms with Crippen molar-refractivity contribution in [3.8, 4) is 5.75 Å². The third-order valence-corrected chi connectivity index (χ3v) is 5.50. The smallest absolute Gasteiger partial charge is 0.322 e. The molecule has 1 aliphatic heterocycles. The fourth-order valence-corrected chi connectivity index (χ4v) is 4.15. The van der Waals surface area contributed by atoms with Gasteiger partial charge in [0.2, 0.25) is 0 Å². The number of Topliss-reactive ketones (excluding diaryl/α,β-unsaturated/α-hetero) is 1. The van der Waals surface area contributed by atoms with Gasteiger partial charge in [-0.25, -0.2) is 4.79 Å². The van der Waals surface area contributed by atoms with Crippen LogP contribution in [0.15, 0.2) is 48.5 Å². The van der Waals surface area contributed by atoms with Crippen LogP contribution in [0.5, 0.6) is 5.75 Å². The topological polar surface area (TPSA) is 95.5 Å². The Morgan fingerprint density at radius 3 is 2.56 bits per heavy atom. The highest BCUT2D eigenvalue weighted by Gasteiger charge is 2.47. The lowest BCUT2D eigenvalue weighted by Crippen LogP contribution is -2.43. The van der Waals surface area contributed by atoms with Crippen molar-refractivity contribution >= 4 is 17.7 Å². The maximum Gasteiger partial charge on any atom is 0.322 e. The number of fused-ring (bicyclic) bond motifs is 1. The van der Waals surface area contributed by atoms with Crippen LogP contribution >= 0.6 is 0 Å². The summed E-state index contributed by atoms with van der Waals surface area (Å²) >= 11 is 0. The molecule has 6 nitrogen and oxygen atoms in total. The summed E-state index contributed by atoms with van der Waals surface area (Å²) in [5, 5.41) is 14.7. The van der Waals surface area contributed by atoms with E-state index in [1.54, 1.807) is 12.1 Å². The highest BCUT2D eigenvalue weighted by atomic mass is 16.3. The summed E-state index contributed by atoms with van der Waals surface area (Å²) in [5.74, 6) is -0.270. The first-order chi connectivity index (χ1) is 13.0. The number of carbonyl (C=O) groups is 3. The second kappa shape index (κ2) is 6.54. The van der Waals surface area contributed by atoms with Crippen molar-refractivity contribution in [3.05, 3.63) is 65.2 Å². The van der Waals surface area contributed by atoms with Crippen LogP contribution in [0.3, 0.4) is 0 Å². The molecule has 1 aliphatic carbocycles. The van der Waals surface area contributed by atoms with E-state index in [9.17, 15) is 19.5 Å². The molecule has 3 amide bonds. The number of phenolic OH excluding ortho intramolecular Hbond substituents is 1. The molecule has 3 N–H and O–H groups in total. The molecule has 27 heavy (non-hydrogen) atoms. The Balaban J connectivity index is 1.48. The summed E-state index contributed by atoms with van der Waals surface area (Å²) in [4.78, 5) is 36.9. The van der Waals surface area contributed by atoms with Gasteiger partial charge in [-0.1, -0.05) is 30.3 Å². The van der Waals surface area contributed by atoms with Crippen LogP contribution in [0.1, 0.15) is 40.7 Å². The molecule has 0 spiro atoms. The van der Waals surface area contributed by atoms with Gasteiger partial charge in [0, 0.05) is 11.5 Å². The van der Waals surface area contributed by atoms with Gasteiger partial charge in [-0.2, -0.15) is 0 Å². The van der Waals surface area contributed by atoms with Gasteiger partial charge in [0.15, 0.2) is 5.78 Å². The molecule has 0 aromatic heterocycles. The van der Waals surface area contributed by atoms with Gasteiger partial charge < -0.3 is 10.4 Å². The Kier molecular flexibility index (Phi) is 4.18. The summed E-state index contributed by atoms with van der Waals surface area (Å²) in [7, 11) is 0. The Bertz CT molecular complexity index is 925. The van der Waals surface area contributed by atoms with E-state index in [1.165, 1.54) is 6.07 Å². The van der Waals surface area contributed by atoms with Gasteiger partial charge in [-0.15, -0.1) is 0 Å². The Labute approximate surface area is 156 Å². The normalized spacial score (nSPS) is 23.9. The molecule has 0 radical (unpaired) electrons. The molecule has 1 fully saturated rings. The number of carbonyl (C=O) groups excluding carboxylic acids is 3. The number of hydrogen-bond acceptors (Lipinski definition) is 4. The van der Waals surface area contributed by atoms with Crippen LogP contribution in [0.4, 0.5) is 4.79 Å². The van der Waals surface area contributed by atoms with Gasteiger partial charge in [0.1, 0.15) is 11.3 Å². The van der Waals surface area contributed by atoms with Crippen LogP contribution in [0.25, 0.3) is 0 Å². The van der Waals surface area contributed by atoms with Crippen molar-refractivity contribution < 1.29 is 19.5 Å². The lowest BCUT2D eigenvalue weighted by atomic mass is 9.83. The Morgan fingerprint density at radius 1 is 1.07 bits per heavy atom. The van der Waals surface area contributed by atoms with Crippen molar-refractivity contribution in [2.75, 3.05) is 0 Å². The predicted octanol–water partition coefficient (Wildman–Crippen LogP) is 2.65. The SMILES string of the molecule is O=C1NC(=O)[C@](CCCC2Cc3cc(O)ccc3C2=O)(c2ccccc2)N1. The highest BCUT2D eigenvalue weighted by molar-refractivity contribution is 6.07. The number of benzene rings is 2. The van der Waals surface area contributed by atoms with Crippen LogP contribution in [0.2, 0.25) is 0 Å². The molecule has 2 atom stereocenters. The first kappa shape index (κ1) is 17.3. The van der Waals surface area contributed by atoms with Crippen molar-refractivity contribution in [2.45, 2.75) is 31.2 Å². The van der Waals surface area contributed by atoms with E-state index in [4.69, 9.17) is 0 Å². The number of aromatic hydroxyl groups is 1. The van der Waals surface area contributed by atoms with Crippen molar-refractivity contribution in [2.24, 2.45) is 5.92 Å².